The van der Waals surface area contributed by atoms with Gasteiger partial charge < -0.3 is 10.1 Å². The van der Waals surface area contributed by atoms with Crippen molar-refractivity contribution in [2.24, 2.45) is 0 Å². The molecule has 0 aliphatic rings. The van der Waals surface area contributed by atoms with E-state index in [2.05, 4.69) is 4.98 Å². The number of nitro groups is 1. The van der Waals surface area contributed by atoms with E-state index in [0.29, 0.717) is 0 Å². The van der Waals surface area contributed by atoms with Crippen LogP contribution < -0.4 is 0 Å². The van der Waals surface area contributed by atoms with Crippen LogP contribution in [0.15, 0.2) is 12.4 Å². The fraction of sp³-hybridized carbons (Fsp3) is 0.400. The van der Waals surface area contributed by atoms with Gasteiger partial charge in [-0.05, 0) is 4.92 Å². The minimum Gasteiger partial charge on any atom is -0.390 e. The summed E-state index contributed by atoms with van der Waals surface area (Å²) in [5, 5.41) is 10.3. The summed E-state index contributed by atoms with van der Waals surface area (Å²) in [5.41, 5.74) is 0. The van der Waals surface area contributed by atoms with Gasteiger partial charge in [0.1, 0.15) is 12.4 Å². The summed E-state index contributed by atoms with van der Waals surface area (Å²) in [5.74, 6) is -0.767. The number of aromatic nitrogens is 2. The second kappa shape index (κ2) is 3.93. The summed E-state index contributed by atoms with van der Waals surface area (Å²) in [4.78, 5) is 13.1. The Morgan fingerprint density at radius 3 is 2.79 bits per heavy atom. The fourth-order valence-electron chi connectivity index (χ4n) is 0.855. The molecule has 0 atom stereocenters. The molecule has 14 heavy (non-hydrogen) atoms. The first kappa shape index (κ1) is 10.9. The van der Waals surface area contributed by atoms with Crippen molar-refractivity contribution in [3.05, 3.63) is 22.5 Å². The van der Waals surface area contributed by atoms with Crippen LogP contribution >= 0.6 is 10.7 Å². The lowest BCUT2D eigenvalue weighted by molar-refractivity contribution is -0.396. The SMILES string of the molecule is O=[N+]([O-])c1nccn1CCS(=O)(=O)Cl. The maximum Gasteiger partial charge on any atom is 0.434 e. The van der Waals surface area contributed by atoms with Crippen LogP contribution in [0.5, 0.6) is 0 Å². The molecule has 0 aromatic carbocycles. The van der Waals surface area contributed by atoms with E-state index in [4.69, 9.17) is 10.7 Å². The molecule has 0 aliphatic carbocycles. The molecule has 78 valence electrons. The van der Waals surface area contributed by atoms with Gasteiger partial charge in [0.2, 0.25) is 9.05 Å². The molecule has 0 bridgehead atoms. The highest BCUT2D eigenvalue weighted by atomic mass is 35.7. The zero-order valence-electron chi connectivity index (χ0n) is 6.83. The first-order chi connectivity index (χ1) is 6.40. The predicted molar refractivity (Wildman–Crippen MR) is 48.5 cm³/mol. The maximum atomic E-state index is 10.6. The first-order valence-corrected chi connectivity index (χ1v) is 5.96. The molecule has 0 spiro atoms. The monoisotopic (exact) mass is 239 g/mol. The predicted octanol–water partition coefficient (Wildman–Crippen LogP) is 0.360. The summed E-state index contributed by atoms with van der Waals surface area (Å²) in [7, 11) is 1.31. The Hall–Kier alpha value is -1.15. The van der Waals surface area contributed by atoms with E-state index in [1.54, 1.807) is 0 Å². The van der Waals surface area contributed by atoms with Gasteiger partial charge in [-0.15, -0.1) is 0 Å². The van der Waals surface area contributed by atoms with Crippen molar-refractivity contribution >= 4 is 25.7 Å². The normalized spacial score (nSPS) is 11.5. The van der Waals surface area contributed by atoms with E-state index < -0.39 is 19.9 Å². The first-order valence-electron chi connectivity index (χ1n) is 3.48. The van der Waals surface area contributed by atoms with Gasteiger partial charge in [-0.2, -0.15) is 0 Å². The van der Waals surface area contributed by atoms with Crippen LogP contribution in [0.2, 0.25) is 0 Å². The van der Waals surface area contributed by atoms with Gasteiger partial charge in [-0.1, -0.05) is 4.98 Å². The molecular formula is C5H6ClN3O4S. The Morgan fingerprint density at radius 1 is 1.64 bits per heavy atom. The molecule has 1 rings (SSSR count). The van der Waals surface area contributed by atoms with Crippen molar-refractivity contribution in [3.63, 3.8) is 0 Å². The van der Waals surface area contributed by atoms with E-state index in [1.165, 1.54) is 12.4 Å². The Balaban J connectivity index is 2.77. The van der Waals surface area contributed by atoms with Crippen LogP contribution in [0.1, 0.15) is 0 Å². The average molecular weight is 240 g/mol. The van der Waals surface area contributed by atoms with Crippen molar-refractivity contribution in [1.29, 1.82) is 0 Å². The molecule has 0 radical (unpaired) electrons. The number of aryl methyl sites for hydroxylation is 1. The second-order valence-electron chi connectivity index (χ2n) is 2.42. The molecule has 0 N–H and O–H groups in total. The number of hydrogen-bond acceptors (Lipinski definition) is 5. The average Bonchev–Trinajstić information content (AvgIpc) is 2.46. The Labute approximate surface area is 83.9 Å². The minimum absolute atomic E-state index is 0.0812. The van der Waals surface area contributed by atoms with Crippen molar-refractivity contribution in [2.45, 2.75) is 6.54 Å². The molecule has 0 saturated carbocycles. The molecule has 1 aromatic rings. The van der Waals surface area contributed by atoms with Gasteiger partial charge in [0.05, 0.1) is 12.3 Å². The van der Waals surface area contributed by atoms with Crippen LogP contribution in [0.4, 0.5) is 5.95 Å². The van der Waals surface area contributed by atoms with Crippen molar-refractivity contribution in [3.8, 4) is 0 Å². The zero-order valence-corrected chi connectivity index (χ0v) is 8.40. The third kappa shape index (κ3) is 2.96. The van der Waals surface area contributed by atoms with Gasteiger partial charge in [-0.25, -0.2) is 13.0 Å². The number of rotatable bonds is 4. The van der Waals surface area contributed by atoms with Crippen molar-refractivity contribution in [2.75, 3.05) is 5.75 Å². The van der Waals surface area contributed by atoms with Crippen LogP contribution in [0.25, 0.3) is 0 Å². The van der Waals surface area contributed by atoms with Gasteiger partial charge in [0, 0.05) is 10.7 Å². The summed E-state index contributed by atoms with van der Waals surface area (Å²) >= 11 is 0. The van der Waals surface area contributed by atoms with Gasteiger partial charge in [-0.3, -0.25) is 0 Å². The van der Waals surface area contributed by atoms with Crippen LogP contribution in [-0.4, -0.2) is 28.6 Å². The maximum absolute atomic E-state index is 10.6. The largest absolute Gasteiger partial charge is 0.434 e. The zero-order chi connectivity index (χ0) is 10.8. The van der Waals surface area contributed by atoms with Gasteiger partial charge in [0.25, 0.3) is 0 Å². The van der Waals surface area contributed by atoms with E-state index in [1.807, 2.05) is 0 Å². The highest BCUT2D eigenvalue weighted by Crippen LogP contribution is 2.08. The fourth-order valence-corrected chi connectivity index (χ4v) is 1.48. The molecule has 0 aliphatic heterocycles. The van der Waals surface area contributed by atoms with E-state index in [0.717, 1.165) is 4.57 Å². The lowest BCUT2D eigenvalue weighted by atomic mass is 10.7. The molecule has 9 heteroatoms. The highest BCUT2D eigenvalue weighted by Gasteiger charge is 2.16. The Kier molecular flexibility index (Phi) is 3.06. The topological polar surface area (TPSA) is 95.1 Å². The summed E-state index contributed by atoms with van der Waals surface area (Å²) in [6.45, 7) is -0.0812. The Morgan fingerprint density at radius 2 is 2.29 bits per heavy atom. The van der Waals surface area contributed by atoms with E-state index >= 15 is 0 Å². The molecule has 0 amide bonds. The molecule has 0 saturated heterocycles. The van der Waals surface area contributed by atoms with Gasteiger partial charge >= 0.3 is 5.95 Å². The van der Waals surface area contributed by atoms with Crippen LogP contribution in [0.3, 0.4) is 0 Å². The third-order valence-electron chi connectivity index (χ3n) is 1.43. The van der Waals surface area contributed by atoms with Crippen LogP contribution in [0, 0.1) is 10.1 Å². The Bertz CT molecular complexity index is 440. The summed E-state index contributed by atoms with van der Waals surface area (Å²) in [6, 6.07) is 0. The van der Waals surface area contributed by atoms with Crippen molar-refractivity contribution < 1.29 is 13.3 Å². The molecule has 7 nitrogen and oxygen atoms in total. The molecule has 1 aromatic heterocycles. The van der Waals surface area contributed by atoms with Gasteiger partial charge in [0.15, 0.2) is 0 Å². The third-order valence-corrected chi connectivity index (χ3v) is 2.57. The quantitative estimate of drug-likeness (QED) is 0.429. The lowest BCUT2D eigenvalue weighted by Crippen LogP contribution is -2.09. The van der Waals surface area contributed by atoms with Crippen molar-refractivity contribution in [1.82, 2.24) is 9.55 Å². The number of nitrogens with zero attached hydrogens (tertiary/aromatic N) is 3. The standard InChI is InChI=1S/C5H6ClN3O4S/c6-14(12,13)4-3-8-2-1-7-5(8)9(10)11/h1-2H,3-4H2. The molecule has 0 fully saturated rings. The summed E-state index contributed by atoms with van der Waals surface area (Å²) < 4.78 is 22.2. The van der Waals surface area contributed by atoms with Crippen LogP contribution in [-0.2, 0) is 15.6 Å². The second-order valence-corrected chi connectivity index (χ2v) is 5.32. The molecule has 1 heterocycles. The summed E-state index contributed by atoms with van der Waals surface area (Å²) in [6.07, 6.45) is 2.54. The number of hydrogen-bond donors (Lipinski definition) is 0. The molecular weight excluding hydrogens is 234 g/mol. The molecule has 0 unspecified atom stereocenters. The number of halogens is 1. The smallest absolute Gasteiger partial charge is 0.390 e. The lowest BCUT2D eigenvalue weighted by Gasteiger charge is -1.98. The van der Waals surface area contributed by atoms with E-state index in [-0.39, 0.29) is 12.3 Å². The minimum atomic E-state index is -3.64. The van der Waals surface area contributed by atoms with E-state index in [9.17, 15) is 18.5 Å². The highest BCUT2D eigenvalue weighted by molar-refractivity contribution is 8.13. The number of imidazole rings is 1.